The average Bonchev–Trinajstić information content (AvgIpc) is 2.63. The second-order valence-electron chi connectivity index (χ2n) is 7.17. The van der Waals surface area contributed by atoms with E-state index in [9.17, 15) is 5.11 Å². The summed E-state index contributed by atoms with van der Waals surface area (Å²) in [5.74, 6) is 1.03. The zero-order chi connectivity index (χ0) is 16.8. The van der Waals surface area contributed by atoms with Gasteiger partial charge in [-0.05, 0) is 81.3 Å². The van der Waals surface area contributed by atoms with Crippen molar-refractivity contribution < 1.29 is 5.11 Å². The van der Waals surface area contributed by atoms with Crippen LogP contribution in [0.4, 0.5) is 0 Å². The molecule has 0 saturated heterocycles. The van der Waals surface area contributed by atoms with E-state index in [0.29, 0.717) is 11.7 Å². The quantitative estimate of drug-likeness (QED) is 0.810. The topological polar surface area (TPSA) is 23.5 Å². The molecule has 1 saturated carbocycles. The number of hydrogen-bond acceptors (Lipinski definition) is 2. The lowest BCUT2D eigenvalue weighted by molar-refractivity contribution is 0.181. The highest BCUT2D eigenvalue weighted by Gasteiger charge is 2.24. The number of nitrogens with zero attached hydrogens (tertiary/aromatic N) is 1. The average molecular weight is 323 g/mol. The SMILES string of the molecule is CN(CCCc1ccccc1)C1CCC(c2ccc(O)cc2)CC1. The third-order valence-electron chi connectivity index (χ3n) is 5.50. The Morgan fingerprint density at radius 3 is 2.25 bits per heavy atom. The number of aromatic hydroxyl groups is 1. The van der Waals surface area contributed by atoms with Crippen LogP contribution in [-0.4, -0.2) is 29.6 Å². The van der Waals surface area contributed by atoms with Crippen LogP contribution in [0.3, 0.4) is 0 Å². The third kappa shape index (κ3) is 4.61. The summed E-state index contributed by atoms with van der Waals surface area (Å²) >= 11 is 0. The van der Waals surface area contributed by atoms with Crippen LogP contribution < -0.4 is 0 Å². The molecule has 0 amide bonds. The van der Waals surface area contributed by atoms with Crippen LogP contribution in [0.5, 0.6) is 5.75 Å². The number of benzene rings is 2. The lowest BCUT2D eigenvalue weighted by Gasteiger charge is -2.35. The molecule has 24 heavy (non-hydrogen) atoms. The van der Waals surface area contributed by atoms with Crippen LogP contribution in [0, 0.1) is 0 Å². The second-order valence-corrected chi connectivity index (χ2v) is 7.17. The Morgan fingerprint density at radius 2 is 1.58 bits per heavy atom. The smallest absolute Gasteiger partial charge is 0.115 e. The Balaban J connectivity index is 1.41. The summed E-state index contributed by atoms with van der Waals surface area (Å²) in [7, 11) is 2.29. The maximum Gasteiger partial charge on any atom is 0.115 e. The van der Waals surface area contributed by atoms with Gasteiger partial charge in [-0.2, -0.15) is 0 Å². The van der Waals surface area contributed by atoms with Crippen LogP contribution in [0.2, 0.25) is 0 Å². The fraction of sp³-hybridized carbons (Fsp3) is 0.455. The number of hydrogen-bond donors (Lipinski definition) is 1. The molecule has 1 N–H and O–H groups in total. The predicted molar refractivity (Wildman–Crippen MR) is 100 cm³/mol. The zero-order valence-corrected chi connectivity index (χ0v) is 14.7. The summed E-state index contributed by atoms with van der Waals surface area (Å²) in [6.45, 7) is 1.18. The second kappa shape index (κ2) is 8.34. The molecular weight excluding hydrogens is 294 g/mol. The van der Waals surface area contributed by atoms with Gasteiger partial charge in [-0.3, -0.25) is 0 Å². The molecule has 1 fully saturated rings. The molecule has 0 aromatic heterocycles. The maximum absolute atomic E-state index is 9.43. The summed E-state index contributed by atoms with van der Waals surface area (Å²) in [6, 6.07) is 19.3. The highest BCUT2D eigenvalue weighted by atomic mass is 16.3. The lowest BCUT2D eigenvalue weighted by Crippen LogP contribution is -2.35. The fourth-order valence-corrected chi connectivity index (χ4v) is 3.96. The van der Waals surface area contributed by atoms with E-state index in [1.54, 1.807) is 0 Å². The Bertz CT molecular complexity index is 600. The lowest BCUT2D eigenvalue weighted by atomic mass is 9.81. The summed E-state index contributed by atoms with van der Waals surface area (Å²) < 4.78 is 0. The van der Waals surface area contributed by atoms with Crippen LogP contribution in [0.15, 0.2) is 54.6 Å². The summed E-state index contributed by atoms with van der Waals surface area (Å²) in [4.78, 5) is 2.57. The molecule has 2 aromatic carbocycles. The highest BCUT2D eigenvalue weighted by Crippen LogP contribution is 2.35. The molecule has 128 valence electrons. The van der Waals surface area contributed by atoms with E-state index >= 15 is 0 Å². The van der Waals surface area contributed by atoms with E-state index in [0.717, 1.165) is 6.04 Å². The minimum absolute atomic E-state index is 0.366. The minimum Gasteiger partial charge on any atom is -0.508 e. The van der Waals surface area contributed by atoms with Gasteiger partial charge in [0.25, 0.3) is 0 Å². The van der Waals surface area contributed by atoms with Crippen molar-refractivity contribution in [2.75, 3.05) is 13.6 Å². The molecule has 0 unspecified atom stereocenters. The molecule has 3 rings (SSSR count). The van der Waals surface area contributed by atoms with E-state index in [4.69, 9.17) is 0 Å². The first-order valence-electron chi connectivity index (χ1n) is 9.25. The molecule has 0 atom stereocenters. The number of rotatable bonds is 6. The van der Waals surface area contributed by atoms with Gasteiger partial charge in [-0.15, -0.1) is 0 Å². The van der Waals surface area contributed by atoms with Gasteiger partial charge in [-0.25, -0.2) is 0 Å². The van der Waals surface area contributed by atoms with Gasteiger partial charge >= 0.3 is 0 Å². The zero-order valence-electron chi connectivity index (χ0n) is 14.7. The van der Waals surface area contributed by atoms with Crippen LogP contribution in [0.1, 0.15) is 49.1 Å². The van der Waals surface area contributed by atoms with Gasteiger partial charge in [0, 0.05) is 6.04 Å². The van der Waals surface area contributed by atoms with Gasteiger partial charge < -0.3 is 10.0 Å². The third-order valence-corrected chi connectivity index (χ3v) is 5.50. The number of phenolic OH excluding ortho intramolecular Hbond substituents is 1. The summed E-state index contributed by atoms with van der Waals surface area (Å²) in [6.07, 6.45) is 7.50. The van der Waals surface area contributed by atoms with Crippen LogP contribution in [0.25, 0.3) is 0 Å². The van der Waals surface area contributed by atoms with Crippen LogP contribution in [-0.2, 0) is 6.42 Å². The van der Waals surface area contributed by atoms with Gasteiger partial charge in [0.1, 0.15) is 5.75 Å². The van der Waals surface area contributed by atoms with Crippen molar-refractivity contribution in [3.8, 4) is 5.75 Å². The molecule has 0 bridgehead atoms. The molecule has 1 aliphatic carbocycles. The molecule has 0 aliphatic heterocycles. The highest BCUT2D eigenvalue weighted by molar-refractivity contribution is 5.28. The number of aryl methyl sites for hydroxylation is 1. The van der Waals surface area contributed by atoms with Gasteiger partial charge in [0.15, 0.2) is 0 Å². The van der Waals surface area contributed by atoms with Crippen molar-refractivity contribution in [3.05, 3.63) is 65.7 Å². The molecule has 2 aromatic rings. The summed E-state index contributed by atoms with van der Waals surface area (Å²) in [5, 5.41) is 9.43. The van der Waals surface area contributed by atoms with Gasteiger partial charge in [-0.1, -0.05) is 42.5 Å². The maximum atomic E-state index is 9.43. The van der Waals surface area contributed by atoms with Crippen molar-refractivity contribution in [3.63, 3.8) is 0 Å². The first-order chi connectivity index (χ1) is 11.7. The minimum atomic E-state index is 0.366. The van der Waals surface area contributed by atoms with E-state index in [-0.39, 0.29) is 0 Å². The molecule has 2 nitrogen and oxygen atoms in total. The molecule has 0 radical (unpaired) electrons. The Morgan fingerprint density at radius 1 is 0.917 bits per heavy atom. The van der Waals surface area contributed by atoms with Crippen molar-refractivity contribution in [1.82, 2.24) is 4.90 Å². The fourth-order valence-electron chi connectivity index (χ4n) is 3.96. The van der Waals surface area contributed by atoms with Crippen LogP contribution >= 0.6 is 0 Å². The normalized spacial score (nSPS) is 21.1. The van der Waals surface area contributed by atoms with E-state index in [1.807, 2.05) is 12.1 Å². The summed E-state index contributed by atoms with van der Waals surface area (Å²) in [5.41, 5.74) is 2.83. The van der Waals surface area contributed by atoms with E-state index in [1.165, 1.54) is 56.2 Å². The van der Waals surface area contributed by atoms with E-state index < -0.39 is 0 Å². The van der Waals surface area contributed by atoms with E-state index in [2.05, 4.69) is 54.4 Å². The van der Waals surface area contributed by atoms with Crippen molar-refractivity contribution >= 4 is 0 Å². The molecular formula is C22H29NO. The Hall–Kier alpha value is -1.80. The first kappa shape index (κ1) is 17.0. The standard InChI is InChI=1S/C22H29NO/c1-23(17-5-8-18-6-3-2-4-7-18)21-13-9-19(10-14-21)20-11-15-22(24)16-12-20/h2-4,6-7,11-12,15-16,19,21,24H,5,8-10,13-14,17H2,1H3. The predicted octanol–water partition coefficient (Wildman–Crippen LogP) is 4.98. The Kier molecular flexibility index (Phi) is 5.92. The van der Waals surface area contributed by atoms with Crippen molar-refractivity contribution in [2.45, 2.75) is 50.5 Å². The van der Waals surface area contributed by atoms with Gasteiger partial charge in [0.2, 0.25) is 0 Å². The first-order valence-corrected chi connectivity index (χ1v) is 9.25. The van der Waals surface area contributed by atoms with Gasteiger partial charge in [0.05, 0.1) is 0 Å². The molecule has 0 heterocycles. The largest absolute Gasteiger partial charge is 0.508 e. The van der Waals surface area contributed by atoms with Crippen molar-refractivity contribution in [1.29, 1.82) is 0 Å². The number of phenols is 1. The van der Waals surface area contributed by atoms with Crippen molar-refractivity contribution in [2.24, 2.45) is 0 Å². The Labute approximate surface area is 146 Å². The molecule has 0 spiro atoms. The molecule has 2 heteroatoms. The molecule has 1 aliphatic rings. The monoisotopic (exact) mass is 323 g/mol.